The van der Waals surface area contributed by atoms with Crippen LogP contribution in [-0.2, 0) is 0 Å². The van der Waals surface area contributed by atoms with Gasteiger partial charge in [-0.1, -0.05) is 15.9 Å². The number of rotatable bonds is 0. The number of nitrogens with zero attached hydrogens (tertiary/aromatic N) is 1. The molecule has 0 fully saturated rings. The largest absolute Gasteiger partial charge is 0.192 e. The summed E-state index contributed by atoms with van der Waals surface area (Å²) in [5, 5.41) is 8.65. The van der Waals surface area contributed by atoms with Crippen LogP contribution in [0, 0.1) is 18.3 Å². The van der Waals surface area contributed by atoms with Crippen LogP contribution in [0.25, 0.3) is 0 Å². The van der Waals surface area contributed by atoms with Crippen molar-refractivity contribution in [1.29, 1.82) is 5.26 Å². The Morgan fingerprint density at radius 2 is 2.18 bits per heavy atom. The van der Waals surface area contributed by atoms with Gasteiger partial charge in [-0.15, -0.1) is 12.6 Å². The predicted octanol–water partition coefficient (Wildman–Crippen LogP) is 2.92. The van der Waals surface area contributed by atoms with Gasteiger partial charge in [-0.2, -0.15) is 5.26 Å². The second-order valence-corrected chi connectivity index (χ2v) is 3.59. The Balaban J connectivity index is 3.39. The minimum Gasteiger partial charge on any atom is -0.192 e. The summed E-state index contributed by atoms with van der Waals surface area (Å²) in [5.74, 6) is 0. The molecule has 0 aliphatic rings. The quantitative estimate of drug-likeness (QED) is 0.678. The highest BCUT2D eigenvalue weighted by molar-refractivity contribution is 9.10. The zero-order valence-electron chi connectivity index (χ0n) is 5.93. The second kappa shape index (κ2) is 3.29. The van der Waals surface area contributed by atoms with Crippen molar-refractivity contribution >= 4 is 28.6 Å². The maximum atomic E-state index is 8.65. The topological polar surface area (TPSA) is 23.8 Å². The SMILES string of the molecule is Cc1cc(Br)cc(C#N)c1S. The zero-order valence-corrected chi connectivity index (χ0v) is 8.41. The van der Waals surface area contributed by atoms with Crippen molar-refractivity contribution in [2.75, 3.05) is 0 Å². The molecule has 0 heterocycles. The summed E-state index contributed by atoms with van der Waals surface area (Å²) in [5.41, 5.74) is 1.62. The summed E-state index contributed by atoms with van der Waals surface area (Å²) in [6, 6.07) is 5.76. The van der Waals surface area contributed by atoms with Crippen LogP contribution in [0.1, 0.15) is 11.1 Å². The van der Waals surface area contributed by atoms with Gasteiger partial charge < -0.3 is 0 Å². The number of hydrogen-bond acceptors (Lipinski definition) is 2. The van der Waals surface area contributed by atoms with E-state index < -0.39 is 0 Å². The van der Waals surface area contributed by atoms with Crippen molar-refractivity contribution in [3.8, 4) is 6.07 Å². The third-order valence-corrected chi connectivity index (χ3v) is 2.44. The summed E-state index contributed by atoms with van der Waals surface area (Å²) < 4.78 is 0.921. The molecule has 0 bridgehead atoms. The van der Waals surface area contributed by atoms with Crippen LogP contribution in [-0.4, -0.2) is 0 Å². The fourth-order valence-electron chi connectivity index (χ4n) is 0.821. The molecule has 0 radical (unpaired) electrons. The Morgan fingerprint density at radius 3 is 2.73 bits per heavy atom. The zero-order chi connectivity index (χ0) is 8.43. The Kier molecular flexibility index (Phi) is 2.58. The van der Waals surface area contributed by atoms with Gasteiger partial charge in [0.25, 0.3) is 0 Å². The van der Waals surface area contributed by atoms with Gasteiger partial charge in [-0.25, -0.2) is 0 Å². The lowest BCUT2D eigenvalue weighted by molar-refractivity contribution is 1.26. The van der Waals surface area contributed by atoms with Crippen molar-refractivity contribution in [1.82, 2.24) is 0 Å². The van der Waals surface area contributed by atoms with Gasteiger partial charge in [0, 0.05) is 9.37 Å². The van der Waals surface area contributed by atoms with Gasteiger partial charge in [0.05, 0.1) is 5.56 Å². The number of hydrogen-bond donors (Lipinski definition) is 1. The van der Waals surface area contributed by atoms with Crippen LogP contribution in [0.15, 0.2) is 21.5 Å². The van der Waals surface area contributed by atoms with Crippen LogP contribution in [0.5, 0.6) is 0 Å². The van der Waals surface area contributed by atoms with E-state index in [0.717, 1.165) is 14.9 Å². The fraction of sp³-hybridized carbons (Fsp3) is 0.125. The number of aryl methyl sites for hydroxylation is 1. The lowest BCUT2D eigenvalue weighted by Gasteiger charge is -2.00. The number of thiol groups is 1. The number of halogens is 1. The fourth-order valence-corrected chi connectivity index (χ4v) is 1.57. The monoisotopic (exact) mass is 227 g/mol. The molecule has 0 atom stereocenters. The normalized spacial score (nSPS) is 9.27. The summed E-state index contributed by atoms with van der Waals surface area (Å²) in [6.45, 7) is 1.92. The molecule has 0 N–H and O–H groups in total. The van der Waals surface area contributed by atoms with Crippen molar-refractivity contribution in [3.63, 3.8) is 0 Å². The van der Waals surface area contributed by atoms with E-state index in [4.69, 9.17) is 5.26 Å². The van der Waals surface area contributed by atoms with E-state index in [1.54, 1.807) is 6.07 Å². The van der Waals surface area contributed by atoms with Crippen LogP contribution in [0.4, 0.5) is 0 Å². The molecule has 0 unspecified atom stereocenters. The molecule has 0 aliphatic heterocycles. The Bertz CT molecular complexity index is 328. The average Bonchev–Trinajstić information content (AvgIpc) is 1.96. The highest BCUT2D eigenvalue weighted by atomic mass is 79.9. The van der Waals surface area contributed by atoms with Gasteiger partial charge in [0.2, 0.25) is 0 Å². The van der Waals surface area contributed by atoms with Gasteiger partial charge >= 0.3 is 0 Å². The first kappa shape index (κ1) is 8.63. The predicted molar refractivity (Wildman–Crippen MR) is 50.8 cm³/mol. The molecule has 0 saturated heterocycles. The molecule has 0 saturated carbocycles. The Labute approximate surface area is 79.6 Å². The molecule has 56 valence electrons. The smallest absolute Gasteiger partial charge is 0.100 e. The van der Waals surface area contributed by atoms with Gasteiger partial charge in [0.1, 0.15) is 6.07 Å². The van der Waals surface area contributed by atoms with E-state index in [-0.39, 0.29) is 0 Å². The van der Waals surface area contributed by atoms with E-state index >= 15 is 0 Å². The molecule has 3 heteroatoms. The maximum absolute atomic E-state index is 8.65. The van der Waals surface area contributed by atoms with Gasteiger partial charge in [-0.3, -0.25) is 0 Å². The highest BCUT2D eigenvalue weighted by Crippen LogP contribution is 2.22. The van der Waals surface area contributed by atoms with Crippen molar-refractivity contribution in [3.05, 3.63) is 27.7 Å². The average molecular weight is 228 g/mol. The lowest BCUT2D eigenvalue weighted by Crippen LogP contribution is -1.82. The molecule has 1 rings (SSSR count). The first-order valence-corrected chi connectivity index (χ1v) is 4.28. The lowest BCUT2D eigenvalue weighted by atomic mass is 10.1. The van der Waals surface area contributed by atoms with Crippen LogP contribution in [0.3, 0.4) is 0 Å². The molecular weight excluding hydrogens is 222 g/mol. The number of benzene rings is 1. The summed E-state index contributed by atoms with van der Waals surface area (Å²) in [7, 11) is 0. The van der Waals surface area contributed by atoms with Crippen molar-refractivity contribution in [2.24, 2.45) is 0 Å². The van der Waals surface area contributed by atoms with Crippen LogP contribution < -0.4 is 0 Å². The Hall–Kier alpha value is -0.460. The van der Waals surface area contributed by atoms with E-state index in [0.29, 0.717) is 5.56 Å². The van der Waals surface area contributed by atoms with E-state index in [9.17, 15) is 0 Å². The number of nitriles is 1. The minimum atomic E-state index is 0.611. The maximum Gasteiger partial charge on any atom is 0.100 e. The molecular formula is C8H6BrNS. The molecule has 0 aromatic heterocycles. The van der Waals surface area contributed by atoms with Gasteiger partial charge in [0.15, 0.2) is 0 Å². The third kappa shape index (κ3) is 1.76. The molecule has 11 heavy (non-hydrogen) atoms. The summed E-state index contributed by atoms with van der Waals surface area (Å²) in [6.07, 6.45) is 0. The molecule has 1 nitrogen and oxygen atoms in total. The third-order valence-electron chi connectivity index (χ3n) is 1.39. The molecule has 0 amide bonds. The molecule has 0 aliphatic carbocycles. The molecule has 1 aromatic carbocycles. The van der Waals surface area contributed by atoms with Crippen molar-refractivity contribution in [2.45, 2.75) is 11.8 Å². The van der Waals surface area contributed by atoms with E-state index in [1.165, 1.54) is 0 Å². The summed E-state index contributed by atoms with van der Waals surface area (Å²) >= 11 is 7.50. The van der Waals surface area contributed by atoms with E-state index in [1.807, 2.05) is 13.0 Å². The van der Waals surface area contributed by atoms with E-state index in [2.05, 4.69) is 34.6 Å². The van der Waals surface area contributed by atoms with Crippen LogP contribution >= 0.6 is 28.6 Å². The first-order valence-electron chi connectivity index (χ1n) is 3.04. The molecule has 1 aromatic rings. The highest BCUT2D eigenvalue weighted by Gasteiger charge is 2.01. The standard InChI is InChI=1S/C8H6BrNS/c1-5-2-7(9)3-6(4-10)8(5)11/h2-3,11H,1H3. The van der Waals surface area contributed by atoms with Crippen molar-refractivity contribution < 1.29 is 0 Å². The Morgan fingerprint density at radius 1 is 1.55 bits per heavy atom. The minimum absolute atomic E-state index is 0.611. The first-order chi connectivity index (χ1) is 5.15. The molecule has 0 spiro atoms. The van der Waals surface area contributed by atoms with Crippen LogP contribution in [0.2, 0.25) is 0 Å². The summed E-state index contributed by atoms with van der Waals surface area (Å²) in [4.78, 5) is 0.760. The van der Waals surface area contributed by atoms with Gasteiger partial charge in [-0.05, 0) is 24.6 Å². The second-order valence-electron chi connectivity index (χ2n) is 2.23.